The summed E-state index contributed by atoms with van der Waals surface area (Å²) in [4.78, 5) is 1.30. The fourth-order valence-corrected chi connectivity index (χ4v) is 2.42. The molecule has 1 aromatic carbocycles. The molecule has 1 atom stereocenters. The highest BCUT2D eigenvalue weighted by atomic mass is 32.2. The Balaban J connectivity index is 2.19. The average Bonchev–Trinajstić information content (AvgIpc) is 2.99. The minimum absolute atomic E-state index is 0.00434. The zero-order chi connectivity index (χ0) is 10.9. The third kappa shape index (κ3) is 2.19. The monoisotopic (exact) mass is 222 g/mol. The van der Waals surface area contributed by atoms with Crippen LogP contribution in [-0.4, -0.2) is 18.8 Å². The van der Waals surface area contributed by atoms with Crippen molar-refractivity contribution >= 4 is 11.8 Å². The van der Waals surface area contributed by atoms with Crippen LogP contribution in [0.25, 0.3) is 0 Å². The van der Waals surface area contributed by atoms with Gasteiger partial charge in [-0.15, -0.1) is 11.8 Å². The van der Waals surface area contributed by atoms with Gasteiger partial charge in [0, 0.05) is 10.4 Å². The largest absolute Gasteiger partial charge is 0.323 e. The molecule has 3 heteroatoms. The van der Waals surface area contributed by atoms with E-state index in [0.29, 0.717) is 6.04 Å². The number of benzene rings is 1. The lowest BCUT2D eigenvalue weighted by atomic mass is 9.98. The van der Waals surface area contributed by atoms with Gasteiger partial charge in [0.05, 0.1) is 6.04 Å². The molecule has 0 spiro atoms. The predicted octanol–water partition coefficient (Wildman–Crippen LogP) is 2.16. The van der Waals surface area contributed by atoms with Crippen molar-refractivity contribution in [2.45, 2.75) is 29.3 Å². The molecule has 0 aliphatic heterocycles. The number of hydrogen-bond donors (Lipinski definition) is 2. The van der Waals surface area contributed by atoms with Gasteiger partial charge in [-0.2, -0.15) is 0 Å². The summed E-state index contributed by atoms with van der Waals surface area (Å²) in [6.45, 7) is 0. The maximum Gasteiger partial charge on any atom is 0.0500 e. The highest BCUT2D eigenvalue weighted by Gasteiger charge is 2.45. The summed E-state index contributed by atoms with van der Waals surface area (Å²) in [6.07, 6.45) is 4.35. The second-order valence-electron chi connectivity index (χ2n) is 4.23. The number of thioether (sulfide) groups is 1. The second kappa shape index (κ2) is 4.16. The molecule has 0 aromatic heterocycles. The van der Waals surface area contributed by atoms with E-state index in [1.807, 2.05) is 7.05 Å². The number of hydrogen-bond acceptors (Lipinski definition) is 3. The van der Waals surface area contributed by atoms with Gasteiger partial charge in [0.25, 0.3) is 0 Å². The molecular formula is C12H18N2S. The van der Waals surface area contributed by atoms with E-state index in [-0.39, 0.29) is 5.54 Å². The third-order valence-electron chi connectivity index (χ3n) is 3.14. The summed E-state index contributed by atoms with van der Waals surface area (Å²) < 4.78 is 0. The van der Waals surface area contributed by atoms with E-state index >= 15 is 0 Å². The molecule has 2 rings (SSSR count). The Labute approximate surface area is 95.6 Å². The molecule has 0 bridgehead atoms. The van der Waals surface area contributed by atoms with E-state index in [2.05, 4.69) is 35.8 Å². The van der Waals surface area contributed by atoms with Crippen molar-refractivity contribution in [3.63, 3.8) is 0 Å². The Bertz CT molecular complexity index is 330. The van der Waals surface area contributed by atoms with Gasteiger partial charge in [0.1, 0.15) is 0 Å². The van der Waals surface area contributed by atoms with Crippen LogP contribution in [0.1, 0.15) is 24.4 Å². The average molecular weight is 222 g/mol. The Kier molecular flexibility index (Phi) is 3.05. The van der Waals surface area contributed by atoms with E-state index in [1.165, 1.54) is 10.5 Å². The molecule has 0 radical (unpaired) electrons. The lowest BCUT2D eigenvalue weighted by Gasteiger charge is -2.23. The number of nitrogens with two attached hydrogens (primary N) is 1. The molecule has 1 unspecified atom stereocenters. The SMILES string of the molecule is CNC(c1ccc(SC)cc1)C1(N)CC1. The van der Waals surface area contributed by atoms with Gasteiger partial charge in [0.15, 0.2) is 0 Å². The molecular weight excluding hydrogens is 204 g/mol. The Morgan fingerprint density at radius 2 is 1.93 bits per heavy atom. The molecule has 1 aliphatic rings. The summed E-state index contributed by atoms with van der Waals surface area (Å²) in [5, 5.41) is 3.33. The highest BCUT2D eigenvalue weighted by molar-refractivity contribution is 7.98. The van der Waals surface area contributed by atoms with Crippen molar-refractivity contribution in [3.8, 4) is 0 Å². The summed E-state index contributed by atoms with van der Waals surface area (Å²) in [5.74, 6) is 0. The number of likely N-dealkylation sites (N-methyl/N-ethyl adjacent to an activating group) is 1. The second-order valence-corrected chi connectivity index (χ2v) is 5.11. The summed E-state index contributed by atoms with van der Waals surface area (Å²) in [5.41, 5.74) is 7.53. The van der Waals surface area contributed by atoms with Crippen LogP contribution >= 0.6 is 11.8 Å². The predicted molar refractivity (Wildman–Crippen MR) is 66.2 cm³/mol. The first-order valence-corrected chi connectivity index (χ1v) is 6.52. The van der Waals surface area contributed by atoms with Crippen molar-refractivity contribution < 1.29 is 0 Å². The van der Waals surface area contributed by atoms with Gasteiger partial charge in [0.2, 0.25) is 0 Å². The van der Waals surface area contributed by atoms with Gasteiger partial charge in [-0.05, 0) is 43.8 Å². The van der Waals surface area contributed by atoms with Gasteiger partial charge in [-0.25, -0.2) is 0 Å². The van der Waals surface area contributed by atoms with E-state index in [9.17, 15) is 0 Å². The lowest BCUT2D eigenvalue weighted by Crippen LogP contribution is -2.38. The molecule has 82 valence electrons. The topological polar surface area (TPSA) is 38.0 Å². The minimum Gasteiger partial charge on any atom is -0.323 e. The van der Waals surface area contributed by atoms with E-state index in [1.54, 1.807) is 11.8 Å². The van der Waals surface area contributed by atoms with Crippen molar-refractivity contribution in [2.75, 3.05) is 13.3 Å². The first-order valence-electron chi connectivity index (χ1n) is 5.30. The summed E-state index contributed by atoms with van der Waals surface area (Å²) in [6, 6.07) is 8.99. The van der Waals surface area contributed by atoms with Crippen LogP contribution < -0.4 is 11.1 Å². The fraction of sp³-hybridized carbons (Fsp3) is 0.500. The van der Waals surface area contributed by atoms with Gasteiger partial charge in [-0.1, -0.05) is 12.1 Å². The molecule has 3 N–H and O–H groups in total. The van der Waals surface area contributed by atoms with Crippen LogP contribution in [0.2, 0.25) is 0 Å². The Hall–Kier alpha value is -0.510. The van der Waals surface area contributed by atoms with Gasteiger partial charge < -0.3 is 11.1 Å². The fourth-order valence-electron chi connectivity index (χ4n) is 2.02. The van der Waals surface area contributed by atoms with Crippen molar-refractivity contribution in [2.24, 2.45) is 5.73 Å². The maximum atomic E-state index is 6.24. The molecule has 1 aliphatic carbocycles. The van der Waals surface area contributed by atoms with Crippen molar-refractivity contribution in [1.29, 1.82) is 0 Å². The molecule has 0 amide bonds. The molecule has 15 heavy (non-hydrogen) atoms. The van der Waals surface area contributed by atoms with Gasteiger partial charge in [-0.3, -0.25) is 0 Å². The van der Waals surface area contributed by atoms with E-state index < -0.39 is 0 Å². The molecule has 0 saturated heterocycles. The Morgan fingerprint density at radius 1 is 1.33 bits per heavy atom. The zero-order valence-electron chi connectivity index (χ0n) is 9.29. The van der Waals surface area contributed by atoms with Crippen molar-refractivity contribution in [1.82, 2.24) is 5.32 Å². The molecule has 0 heterocycles. The quantitative estimate of drug-likeness (QED) is 0.767. The van der Waals surface area contributed by atoms with Crippen LogP contribution in [0.4, 0.5) is 0 Å². The first kappa shape index (κ1) is 11.0. The van der Waals surface area contributed by atoms with Crippen LogP contribution in [0.3, 0.4) is 0 Å². The van der Waals surface area contributed by atoms with Crippen LogP contribution in [-0.2, 0) is 0 Å². The van der Waals surface area contributed by atoms with Crippen LogP contribution in [0.15, 0.2) is 29.2 Å². The van der Waals surface area contributed by atoms with Crippen LogP contribution in [0.5, 0.6) is 0 Å². The normalized spacial score (nSPS) is 19.9. The molecule has 1 aromatic rings. The van der Waals surface area contributed by atoms with Gasteiger partial charge >= 0.3 is 0 Å². The zero-order valence-corrected chi connectivity index (χ0v) is 10.1. The smallest absolute Gasteiger partial charge is 0.0500 e. The minimum atomic E-state index is -0.00434. The third-order valence-corrected chi connectivity index (χ3v) is 3.88. The standard InChI is InChI=1S/C12H18N2S/c1-14-11(12(13)7-8-12)9-3-5-10(15-2)6-4-9/h3-6,11,14H,7-8,13H2,1-2H3. The van der Waals surface area contributed by atoms with Crippen LogP contribution in [0, 0.1) is 0 Å². The lowest BCUT2D eigenvalue weighted by molar-refractivity contribution is 0.461. The summed E-state index contributed by atoms with van der Waals surface area (Å²) >= 11 is 1.77. The molecule has 1 fully saturated rings. The van der Waals surface area contributed by atoms with E-state index in [0.717, 1.165) is 12.8 Å². The van der Waals surface area contributed by atoms with E-state index in [4.69, 9.17) is 5.73 Å². The Morgan fingerprint density at radius 3 is 2.33 bits per heavy atom. The summed E-state index contributed by atoms with van der Waals surface area (Å²) in [7, 11) is 1.99. The van der Waals surface area contributed by atoms with Crippen molar-refractivity contribution in [3.05, 3.63) is 29.8 Å². The number of rotatable bonds is 4. The molecule has 1 saturated carbocycles. The molecule has 2 nitrogen and oxygen atoms in total. The first-order chi connectivity index (χ1) is 7.19. The highest BCUT2D eigenvalue weighted by Crippen LogP contribution is 2.43. The number of nitrogens with one attached hydrogen (secondary N) is 1. The maximum absolute atomic E-state index is 6.24.